The normalized spacial score (nSPS) is 12.8. The molecule has 0 aliphatic carbocycles. The Labute approximate surface area is 145 Å². The Morgan fingerprint density at radius 2 is 1.80 bits per heavy atom. The van der Waals surface area contributed by atoms with E-state index in [9.17, 15) is 13.2 Å². The first-order chi connectivity index (χ1) is 11.9. The van der Waals surface area contributed by atoms with Crippen LogP contribution in [-0.2, 0) is 14.8 Å². The topological polar surface area (TPSA) is 102 Å². The molecule has 0 saturated carbocycles. The summed E-state index contributed by atoms with van der Waals surface area (Å²) in [6, 6.07) is 13.9. The molecule has 25 heavy (non-hydrogen) atoms. The smallest absolute Gasteiger partial charge is 0.242 e. The molecule has 1 amide bonds. The van der Waals surface area contributed by atoms with Gasteiger partial charge in [-0.15, -0.1) is 0 Å². The molecule has 0 radical (unpaired) electrons. The van der Waals surface area contributed by atoms with E-state index in [0.717, 1.165) is 5.56 Å². The molecule has 3 N–H and O–H groups in total. The van der Waals surface area contributed by atoms with Gasteiger partial charge in [-0.1, -0.05) is 36.4 Å². The van der Waals surface area contributed by atoms with Crippen molar-refractivity contribution < 1.29 is 13.2 Å². The van der Waals surface area contributed by atoms with E-state index in [-0.39, 0.29) is 4.90 Å². The number of aryl methyl sites for hydroxylation is 1. The number of hydrogen-bond donors (Lipinski definition) is 2. The number of carbonyl (C=O) groups excluding carboxylic acids is 1. The zero-order valence-corrected chi connectivity index (χ0v) is 14.3. The van der Waals surface area contributed by atoms with Crippen LogP contribution in [0.1, 0.15) is 17.2 Å². The first kappa shape index (κ1) is 17.1. The van der Waals surface area contributed by atoms with Crippen molar-refractivity contribution in [2.24, 2.45) is 5.73 Å². The fraction of sp³-hybridized carbons (Fsp3) is 0.111. The van der Waals surface area contributed by atoms with Gasteiger partial charge in [0, 0.05) is 11.6 Å². The zero-order valence-electron chi connectivity index (χ0n) is 13.5. The second-order valence-corrected chi connectivity index (χ2v) is 7.33. The number of nitrogens with one attached hydrogen (secondary N) is 1. The molecule has 0 aliphatic rings. The minimum Gasteiger partial charge on any atom is -0.368 e. The van der Waals surface area contributed by atoms with Crippen LogP contribution in [-0.4, -0.2) is 19.3 Å². The second-order valence-electron chi connectivity index (χ2n) is 5.65. The number of sulfonamides is 1. The summed E-state index contributed by atoms with van der Waals surface area (Å²) in [6.45, 7) is 1.86. The van der Waals surface area contributed by atoms with Crippen LogP contribution in [0, 0.1) is 6.92 Å². The van der Waals surface area contributed by atoms with Crippen LogP contribution in [0.15, 0.2) is 65.7 Å². The summed E-state index contributed by atoms with van der Waals surface area (Å²) in [7, 11) is -3.99. The largest absolute Gasteiger partial charge is 0.368 e. The van der Waals surface area contributed by atoms with Crippen LogP contribution in [0.2, 0.25) is 0 Å². The van der Waals surface area contributed by atoms with Crippen molar-refractivity contribution in [2.45, 2.75) is 17.9 Å². The molecule has 6 nitrogen and oxygen atoms in total. The maximum atomic E-state index is 12.9. The Morgan fingerprint density at radius 1 is 1.08 bits per heavy atom. The number of pyridine rings is 1. The molecule has 1 atom stereocenters. The van der Waals surface area contributed by atoms with Gasteiger partial charge in [-0.05, 0) is 36.2 Å². The van der Waals surface area contributed by atoms with E-state index in [4.69, 9.17) is 5.73 Å². The highest BCUT2D eigenvalue weighted by molar-refractivity contribution is 7.89. The summed E-state index contributed by atoms with van der Waals surface area (Å²) in [4.78, 5) is 16.1. The standard InChI is InChI=1S/C18H17N3O3S/c1-12-9-10-15(14-8-5-11-20-16(12)14)25(23,24)21-17(18(19)22)13-6-3-2-4-7-13/h2-11,17,21H,1H3,(H2,19,22). The predicted octanol–water partition coefficient (Wildman–Crippen LogP) is 2.05. The fourth-order valence-electron chi connectivity index (χ4n) is 2.68. The van der Waals surface area contributed by atoms with Crippen molar-refractivity contribution in [1.29, 1.82) is 0 Å². The zero-order chi connectivity index (χ0) is 18.0. The Morgan fingerprint density at radius 3 is 2.48 bits per heavy atom. The Hall–Kier alpha value is -2.77. The quantitative estimate of drug-likeness (QED) is 0.731. The molecular formula is C18H17N3O3S. The number of benzene rings is 2. The van der Waals surface area contributed by atoms with Crippen molar-refractivity contribution in [3.05, 3.63) is 71.9 Å². The number of carbonyl (C=O) groups is 1. The number of amides is 1. The van der Waals surface area contributed by atoms with Gasteiger partial charge in [0.1, 0.15) is 6.04 Å². The monoisotopic (exact) mass is 355 g/mol. The van der Waals surface area contributed by atoms with Crippen LogP contribution in [0.5, 0.6) is 0 Å². The number of primary amides is 1. The molecule has 2 aromatic carbocycles. The van der Waals surface area contributed by atoms with Crippen LogP contribution in [0.4, 0.5) is 0 Å². The van der Waals surface area contributed by atoms with Crippen LogP contribution >= 0.6 is 0 Å². The highest BCUT2D eigenvalue weighted by Crippen LogP contribution is 2.25. The van der Waals surface area contributed by atoms with E-state index in [1.54, 1.807) is 54.7 Å². The fourth-order valence-corrected chi connectivity index (χ4v) is 4.07. The lowest BCUT2D eigenvalue weighted by atomic mass is 10.1. The third kappa shape index (κ3) is 3.38. The maximum Gasteiger partial charge on any atom is 0.242 e. The van der Waals surface area contributed by atoms with Gasteiger partial charge < -0.3 is 5.73 Å². The lowest BCUT2D eigenvalue weighted by molar-refractivity contribution is -0.119. The number of fused-ring (bicyclic) bond motifs is 1. The van der Waals surface area contributed by atoms with Crippen molar-refractivity contribution >= 4 is 26.8 Å². The van der Waals surface area contributed by atoms with Crippen LogP contribution in [0.3, 0.4) is 0 Å². The van der Waals surface area contributed by atoms with Gasteiger partial charge in [0.25, 0.3) is 0 Å². The lowest BCUT2D eigenvalue weighted by Gasteiger charge is -2.17. The SMILES string of the molecule is Cc1ccc(S(=O)(=O)NC(C(N)=O)c2ccccc2)c2cccnc12. The summed E-state index contributed by atoms with van der Waals surface area (Å²) in [5, 5.41) is 0.492. The Bertz CT molecular complexity index is 1030. The van der Waals surface area contributed by atoms with Crippen molar-refractivity contribution in [3.8, 4) is 0 Å². The van der Waals surface area contributed by atoms with Gasteiger partial charge in [0.15, 0.2) is 0 Å². The third-order valence-corrected chi connectivity index (χ3v) is 5.39. The minimum absolute atomic E-state index is 0.0587. The molecule has 0 spiro atoms. The molecule has 0 saturated heterocycles. The number of nitrogens with two attached hydrogens (primary N) is 1. The maximum absolute atomic E-state index is 12.9. The van der Waals surface area contributed by atoms with Crippen molar-refractivity contribution in [1.82, 2.24) is 9.71 Å². The molecule has 128 valence electrons. The molecule has 1 aromatic heterocycles. The van der Waals surface area contributed by atoms with Gasteiger partial charge in [-0.2, -0.15) is 4.72 Å². The van der Waals surface area contributed by atoms with Gasteiger partial charge in [0.05, 0.1) is 10.4 Å². The number of aromatic nitrogens is 1. The molecule has 1 heterocycles. The average Bonchev–Trinajstić information content (AvgIpc) is 2.60. The number of nitrogens with zero attached hydrogens (tertiary/aromatic N) is 1. The number of rotatable bonds is 5. The van der Waals surface area contributed by atoms with Gasteiger partial charge >= 0.3 is 0 Å². The highest BCUT2D eigenvalue weighted by Gasteiger charge is 2.27. The molecule has 3 rings (SSSR count). The molecule has 1 unspecified atom stereocenters. The molecule has 3 aromatic rings. The Kier molecular flexibility index (Phi) is 4.52. The highest BCUT2D eigenvalue weighted by atomic mass is 32.2. The molecule has 0 fully saturated rings. The second kappa shape index (κ2) is 6.62. The predicted molar refractivity (Wildman–Crippen MR) is 95.2 cm³/mol. The summed E-state index contributed by atoms with van der Waals surface area (Å²) >= 11 is 0. The summed E-state index contributed by atoms with van der Waals surface area (Å²) in [5.74, 6) is -0.774. The Balaban J connectivity index is 2.08. The van der Waals surface area contributed by atoms with Crippen LogP contribution < -0.4 is 10.5 Å². The lowest BCUT2D eigenvalue weighted by Crippen LogP contribution is -2.37. The van der Waals surface area contributed by atoms with Gasteiger partial charge in [-0.25, -0.2) is 8.42 Å². The summed E-state index contributed by atoms with van der Waals surface area (Å²) in [5.41, 5.74) is 7.36. The average molecular weight is 355 g/mol. The van der Waals surface area contributed by atoms with Crippen LogP contribution in [0.25, 0.3) is 10.9 Å². The van der Waals surface area contributed by atoms with Gasteiger partial charge in [0.2, 0.25) is 15.9 Å². The van der Waals surface area contributed by atoms with E-state index in [1.165, 1.54) is 6.07 Å². The molecular weight excluding hydrogens is 338 g/mol. The summed E-state index contributed by atoms with van der Waals surface area (Å²) < 4.78 is 28.2. The number of hydrogen-bond acceptors (Lipinski definition) is 4. The van der Waals surface area contributed by atoms with Crippen molar-refractivity contribution in [2.75, 3.05) is 0 Å². The first-order valence-electron chi connectivity index (χ1n) is 7.61. The van der Waals surface area contributed by atoms with E-state index < -0.39 is 22.0 Å². The van der Waals surface area contributed by atoms with E-state index >= 15 is 0 Å². The molecule has 0 aliphatic heterocycles. The first-order valence-corrected chi connectivity index (χ1v) is 9.09. The van der Waals surface area contributed by atoms with E-state index in [1.807, 2.05) is 6.92 Å². The molecule has 0 bridgehead atoms. The van der Waals surface area contributed by atoms with E-state index in [0.29, 0.717) is 16.5 Å². The van der Waals surface area contributed by atoms with E-state index in [2.05, 4.69) is 9.71 Å². The minimum atomic E-state index is -3.99. The third-order valence-electron chi connectivity index (χ3n) is 3.91. The van der Waals surface area contributed by atoms with Crippen molar-refractivity contribution in [3.63, 3.8) is 0 Å². The summed E-state index contributed by atoms with van der Waals surface area (Å²) in [6.07, 6.45) is 1.61. The molecule has 7 heteroatoms. The van der Waals surface area contributed by atoms with Gasteiger partial charge in [-0.3, -0.25) is 9.78 Å².